The molecule has 0 unspecified atom stereocenters. The van der Waals surface area contributed by atoms with E-state index in [0.717, 1.165) is 41.1 Å². The lowest BCUT2D eigenvalue weighted by molar-refractivity contribution is 0.0194. The van der Waals surface area contributed by atoms with Gasteiger partial charge in [-0.15, -0.1) is 0 Å². The van der Waals surface area contributed by atoms with E-state index in [9.17, 15) is 4.79 Å². The first kappa shape index (κ1) is 23.9. The highest BCUT2D eigenvalue weighted by Gasteiger charge is 2.28. The monoisotopic (exact) mass is 453 g/mol. The molecule has 0 saturated carbocycles. The van der Waals surface area contributed by atoms with Crippen molar-refractivity contribution in [1.82, 2.24) is 4.90 Å². The van der Waals surface area contributed by atoms with E-state index < -0.39 is 5.60 Å². The largest absolute Gasteiger partial charge is 0.444 e. The second-order valence-corrected chi connectivity index (χ2v) is 9.56. The Morgan fingerprint density at radius 3 is 2.34 bits per heavy atom. The van der Waals surface area contributed by atoms with Crippen molar-refractivity contribution in [3.63, 3.8) is 0 Å². The number of carbonyl (C=O) groups is 1. The van der Waals surface area contributed by atoms with Crippen LogP contribution in [0.3, 0.4) is 0 Å². The van der Waals surface area contributed by atoms with Crippen LogP contribution < -0.4 is 5.73 Å². The van der Waals surface area contributed by atoms with Gasteiger partial charge < -0.3 is 15.4 Å². The molecule has 1 aliphatic rings. The fourth-order valence-electron chi connectivity index (χ4n) is 3.77. The van der Waals surface area contributed by atoms with Gasteiger partial charge in [0.1, 0.15) is 5.60 Å². The zero-order valence-electron chi connectivity index (χ0n) is 19.3. The molecule has 0 spiro atoms. The van der Waals surface area contributed by atoms with Crippen molar-refractivity contribution in [2.75, 3.05) is 13.1 Å². The maximum atomic E-state index is 12.4. The number of piperidine rings is 1. The predicted octanol–water partition coefficient (Wildman–Crippen LogP) is 6.34. The number of ether oxygens (including phenoxy) is 1. The number of likely N-dealkylation sites (tertiary alicyclic amines) is 1. The molecule has 1 aliphatic heterocycles. The number of rotatable bonds is 4. The first-order valence-electron chi connectivity index (χ1n) is 11.0. The van der Waals surface area contributed by atoms with Gasteiger partial charge in [0, 0.05) is 35.3 Å². The van der Waals surface area contributed by atoms with Crippen molar-refractivity contribution >= 4 is 29.1 Å². The van der Waals surface area contributed by atoms with Gasteiger partial charge in [-0.3, -0.25) is 0 Å². The summed E-state index contributed by atoms with van der Waals surface area (Å²) in [7, 11) is 0. The van der Waals surface area contributed by atoms with Crippen LogP contribution in [0.4, 0.5) is 10.5 Å². The van der Waals surface area contributed by atoms with Crippen molar-refractivity contribution < 1.29 is 9.53 Å². The van der Waals surface area contributed by atoms with Crippen LogP contribution in [-0.4, -0.2) is 35.4 Å². The SMILES string of the molecule is C/C(C(=Nc1ccccc1)c1cccc(Cl)c1)=C(/N)C1CCN(C(=O)OC(C)(C)C)CC1. The molecule has 3 rings (SSSR count). The highest BCUT2D eigenvalue weighted by atomic mass is 35.5. The zero-order chi connectivity index (χ0) is 23.3. The van der Waals surface area contributed by atoms with Crippen LogP contribution in [0, 0.1) is 5.92 Å². The molecule has 1 heterocycles. The van der Waals surface area contributed by atoms with Crippen LogP contribution in [0.5, 0.6) is 0 Å². The third-order valence-electron chi connectivity index (χ3n) is 5.47. The van der Waals surface area contributed by atoms with E-state index in [1.807, 2.05) is 82.3 Å². The molecule has 0 aromatic heterocycles. The molecule has 5 nitrogen and oxygen atoms in total. The topological polar surface area (TPSA) is 67.9 Å². The molecule has 0 aliphatic carbocycles. The molecule has 6 heteroatoms. The molecule has 170 valence electrons. The van der Waals surface area contributed by atoms with E-state index in [2.05, 4.69) is 0 Å². The van der Waals surface area contributed by atoms with Crippen LogP contribution in [0.25, 0.3) is 0 Å². The summed E-state index contributed by atoms with van der Waals surface area (Å²) < 4.78 is 5.51. The third kappa shape index (κ3) is 6.36. The molecule has 2 aromatic rings. The second kappa shape index (κ2) is 10.2. The lowest BCUT2D eigenvalue weighted by Crippen LogP contribution is -2.42. The third-order valence-corrected chi connectivity index (χ3v) is 5.70. The van der Waals surface area contributed by atoms with Gasteiger partial charge in [0.25, 0.3) is 0 Å². The number of hydrogen-bond donors (Lipinski definition) is 1. The minimum atomic E-state index is -0.497. The average molecular weight is 454 g/mol. The van der Waals surface area contributed by atoms with Gasteiger partial charge in [0.15, 0.2) is 0 Å². The summed E-state index contributed by atoms with van der Waals surface area (Å²) in [5.41, 5.74) is 10.5. The Hall–Kier alpha value is -2.79. The Bertz CT molecular complexity index is 1000. The van der Waals surface area contributed by atoms with Crippen LogP contribution in [0.15, 0.2) is 70.9 Å². The van der Waals surface area contributed by atoms with Crippen LogP contribution >= 0.6 is 11.6 Å². The standard InChI is InChI=1S/C26H32ClN3O2/c1-18(23(28)19-13-15-30(16-14-19)25(31)32-26(2,3)4)24(20-9-8-10-21(27)17-20)29-22-11-6-5-7-12-22/h5-12,17,19H,13-16,28H2,1-4H3/b23-18-,29-24?. The molecule has 32 heavy (non-hydrogen) atoms. The number of carbonyl (C=O) groups excluding carboxylic acids is 1. The minimum Gasteiger partial charge on any atom is -0.444 e. The minimum absolute atomic E-state index is 0.175. The van der Waals surface area contributed by atoms with Gasteiger partial charge in [-0.25, -0.2) is 9.79 Å². The molecule has 0 radical (unpaired) electrons. The number of para-hydroxylation sites is 1. The van der Waals surface area contributed by atoms with Gasteiger partial charge in [-0.05, 0) is 70.4 Å². The molecule has 2 aromatic carbocycles. The lowest BCUT2D eigenvalue weighted by Gasteiger charge is -2.34. The number of halogens is 1. The summed E-state index contributed by atoms with van der Waals surface area (Å²) in [5, 5.41) is 0.653. The Labute approximate surface area is 195 Å². The maximum Gasteiger partial charge on any atom is 0.410 e. The first-order chi connectivity index (χ1) is 15.1. The number of nitrogens with two attached hydrogens (primary N) is 1. The summed E-state index contributed by atoms with van der Waals surface area (Å²) in [4.78, 5) is 19.1. The van der Waals surface area contributed by atoms with Crippen molar-refractivity contribution in [3.05, 3.63) is 76.5 Å². The van der Waals surface area contributed by atoms with Crippen LogP contribution in [0.1, 0.15) is 46.1 Å². The van der Waals surface area contributed by atoms with Crippen LogP contribution in [-0.2, 0) is 4.74 Å². The molecular formula is C26H32ClN3O2. The highest BCUT2D eigenvalue weighted by Crippen LogP contribution is 2.28. The number of hydrogen-bond acceptors (Lipinski definition) is 4. The molecule has 0 bridgehead atoms. The zero-order valence-corrected chi connectivity index (χ0v) is 20.0. The second-order valence-electron chi connectivity index (χ2n) is 9.13. The summed E-state index contributed by atoms with van der Waals surface area (Å²) in [5.74, 6) is 0.175. The Kier molecular flexibility index (Phi) is 7.62. The number of benzene rings is 2. The van der Waals surface area contributed by atoms with Gasteiger partial charge >= 0.3 is 6.09 Å². The predicted molar refractivity (Wildman–Crippen MR) is 132 cm³/mol. The van der Waals surface area contributed by atoms with Gasteiger partial charge in [0.05, 0.1) is 11.4 Å². The van der Waals surface area contributed by atoms with Gasteiger partial charge in [0.2, 0.25) is 0 Å². The van der Waals surface area contributed by atoms with Gasteiger partial charge in [-0.2, -0.15) is 0 Å². The quantitative estimate of drug-likeness (QED) is 0.549. The Morgan fingerprint density at radius 2 is 1.75 bits per heavy atom. The van der Waals surface area contributed by atoms with E-state index in [1.54, 1.807) is 4.90 Å². The summed E-state index contributed by atoms with van der Waals surface area (Å²) in [6.07, 6.45) is 1.31. The van der Waals surface area contributed by atoms with Crippen molar-refractivity contribution in [3.8, 4) is 0 Å². The Morgan fingerprint density at radius 1 is 1.09 bits per heavy atom. The summed E-state index contributed by atoms with van der Waals surface area (Å²) in [6.45, 7) is 8.89. The lowest BCUT2D eigenvalue weighted by atomic mass is 9.89. The molecule has 2 N–H and O–H groups in total. The summed E-state index contributed by atoms with van der Waals surface area (Å²) >= 11 is 6.26. The van der Waals surface area contributed by atoms with E-state index in [4.69, 9.17) is 27.1 Å². The summed E-state index contributed by atoms with van der Waals surface area (Å²) in [6, 6.07) is 17.5. The Balaban J connectivity index is 1.84. The van der Waals surface area contributed by atoms with Crippen molar-refractivity contribution in [2.24, 2.45) is 16.6 Å². The maximum absolute atomic E-state index is 12.4. The van der Waals surface area contributed by atoms with E-state index in [1.165, 1.54) is 0 Å². The fraction of sp³-hybridized carbons (Fsp3) is 0.385. The first-order valence-corrected chi connectivity index (χ1v) is 11.4. The van der Waals surface area contributed by atoms with E-state index in [0.29, 0.717) is 18.1 Å². The molecule has 1 fully saturated rings. The number of nitrogens with zero attached hydrogens (tertiary/aromatic N) is 2. The number of amides is 1. The van der Waals surface area contributed by atoms with Gasteiger partial charge in [-0.1, -0.05) is 41.9 Å². The molecule has 1 saturated heterocycles. The van der Waals surface area contributed by atoms with E-state index in [-0.39, 0.29) is 12.0 Å². The molecule has 0 atom stereocenters. The fourth-order valence-corrected chi connectivity index (χ4v) is 3.97. The highest BCUT2D eigenvalue weighted by molar-refractivity contribution is 6.31. The van der Waals surface area contributed by atoms with Crippen molar-refractivity contribution in [2.45, 2.75) is 46.1 Å². The normalized spacial score (nSPS) is 16.5. The van der Waals surface area contributed by atoms with Crippen molar-refractivity contribution in [1.29, 1.82) is 0 Å². The smallest absolute Gasteiger partial charge is 0.410 e. The molecular weight excluding hydrogens is 422 g/mol. The van der Waals surface area contributed by atoms with E-state index >= 15 is 0 Å². The number of aliphatic imine (C=N–C) groups is 1. The average Bonchev–Trinajstić information content (AvgIpc) is 2.76. The molecule has 1 amide bonds. The van der Waals surface area contributed by atoms with Crippen LogP contribution in [0.2, 0.25) is 5.02 Å². The number of allylic oxidation sites excluding steroid dienone is 2.